The summed E-state index contributed by atoms with van der Waals surface area (Å²) in [5.74, 6) is -0.247. The van der Waals surface area contributed by atoms with E-state index in [0.29, 0.717) is 0 Å². The van der Waals surface area contributed by atoms with Gasteiger partial charge in [-0.3, -0.25) is 4.98 Å². The van der Waals surface area contributed by atoms with E-state index in [0.717, 1.165) is 40.9 Å². The topological polar surface area (TPSA) is 50.9 Å². The van der Waals surface area contributed by atoms with Gasteiger partial charge < -0.3 is 11.1 Å². The Morgan fingerprint density at radius 2 is 2.00 bits per heavy atom. The number of nitrogens with two attached hydrogens (primary N) is 1. The molecule has 24 heavy (non-hydrogen) atoms. The first-order chi connectivity index (χ1) is 11.5. The van der Waals surface area contributed by atoms with Gasteiger partial charge in [0.1, 0.15) is 5.82 Å². The molecule has 2 aromatic rings. The van der Waals surface area contributed by atoms with E-state index in [2.05, 4.69) is 22.5 Å². The molecule has 124 valence electrons. The lowest BCUT2D eigenvalue weighted by Crippen LogP contribution is -2.42. The Kier molecular flexibility index (Phi) is 4.60. The third-order valence-electron chi connectivity index (χ3n) is 4.41. The maximum absolute atomic E-state index is 13.2. The van der Waals surface area contributed by atoms with Gasteiger partial charge in [0.2, 0.25) is 0 Å². The van der Waals surface area contributed by atoms with Gasteiger partial charge in [-0.05, 0) is 61.9 Å². The third kappa shape index (κ3) is 3.30. The molecule has 1 aliphatic carbocycles. The summed E-state index contributed by atoms with van der Waals surface area (Å²) in [5, 5.41) is 3.18. The number of pyridine rings is 1. The number of nitrogens with zero attached hydrogens (tertiary/aromatic N) is 1. The summed E-state index contributed by atoms with van der Waals surface area (Å²) in [6, 6.07) is 10.4. The van der Waals surface area contributed by atoms with Gasteiger partial charge in [0.15, 0.2) is 0 Å². The van der Waals surface area contributed by atoms with Crippen LogP contribution in [-0.2, 0) is 0 Å². The van der Waals surface area contributed by atoms with Crippen LogP contribution < -0.4 is 11.1 Å². The highest BCUT2D eigenvalue weighted by Gasteiger charge is 2.26. The van der Waals surface area contributed by atoms with Crippen molar-refractivity contribution in [3.63, 3.8) is 0 Å². The van der Waals surface area contributed by atoms with E-state index >= 15 is 0 Å². The van der Waals surface area contributed by atoms with Gasteiger partial charge in [-0.1, -0.05) is 18.2 Å². The van der Waals surface area contributed by atoms with E-state index < -0.39 is 0 Å². The quantitative estimate of drug-likeness (QED) is 0.905. The molecule has 0 spiro atoms. The number of aromatic nitrogens is 1. The van der Waals surface area contributed by atoms with Crippen molar-refractivity contribution in [2.24, 2.45) is 5.73 Å². The first kappa shape index (κ1) is 16.6. The Labute approximate surface area is 142 Å². The fourth-order valence-electron chi connectivity index (χ4n) is 2.97. The van der Waals surface area contributed by atoms with Crippen LogP contribution in [0.5, 0.6) is 0 Å². The highest BCUT2D eigenvalue weighted by molar-refractivity contribution is 5.85. The summed E-state index contributed by atoms with van der Waals surface area (Å²) in [4.78, 5) is 4.52. The van der Waals surface area contributed by atoms with Gasteiger partial charge >= 0.3 is 0 Å². The highest BCUT2D eigenvalue weighted by Crippen LogP contribution is 2.34. The molecule has 0 aliphatic heterocycles. The summed E-state index contributed by atoms with van der Waals surface area (Å²) in [7, 11) is 1.92. The number of hydrogen-bond acceptors (Lipinski definition) is 3. The summed E-state index contributed by atoms with van der Waals surface area (Å²) in [5.41, 5.74) is 11.1. The van der Waals surface area contributed by atoms with E-state index in [1.54, 1.807) is 18.3 Å². The SMILES string of the molecule is CNCC1=CC(c2cccnc2-c2ccc(F)cc2)=CCC1(C)N. The molecular weight excluding hydrogens is 301 g/mol. The van der Waals surface area contributed by atoms with Crippen LogP contribution in [0, 0.1) is 5.82 Å². The van der Waals surface area contributed by atoms with Gasteiger partial charge in [0, 0.05) is 29.4 Å². The smallest absolute Gasteiger partial charge is 0.123 e. The van der Waals surface area contributed by atoms with E-state index in [4.69, 9.17) is 5.73 Å². The predicted octanol–water partition coefficient (Wildman–Crippen LogP) is 3.54. The van der Waals surface area contributed by atoms with E-state index in [1.165, 1.54) is 12.1 Å². The van der Waals surface area contributed by atoms with Crippen LogP contribution in [0.1, 0.15) is 18.9 Å². The van der Waals surface area contributed by atoms with Crippen molar-refractivity contribution in [3.8, 4) is 11.3 Å². The minimum absolute atomic E-state index is 0.247. The maximum atomic E-state index is 13.2. The van der Waals surface area contributed by atoms with Gasteiger partial charge in [-0.15, -0.1) is 0 Å². The van der Waals surface area contributed by atoms with Gasteiger partial charge in [-0.25, -0.2) is 4.39 Å². The van der Waals surface area contributed by atoms with Crippen LogP contribution in [0.2, 0.25) is 0 Å². The minimum Gasteiger partial charge on any atom is -0.322 e. The van der Waals surface area contributed by atoms with Crippen molar-refractivity contribution < 1.29 is 4.39 Å². The lowest BCUT2D eigenvalue weighted by molar-refractivity contribution is 0.533. The molecule has 0 saturated heterocycles. The maximum Gasteiger partial charge on any atom is 0.123 e. The molecule has 1 aromatic heterocycles. The van der Waals surface area contributed by atoms with Gasteiger partial charge in [-0.2, -0.15) is 0 Å². The van der Waals surface area contributed by atoms with Crippen LogP contribution in [0.4, 0.5) is 4.39 Å². The van der Waals surface area contributed by atoms with E-state index in [1.807, 2.05) is 26.1 Å². The number of halogens is 1. The van der Waals surface area contributed by atoms with Crippen molar-refractivity contribution in [1.29, 1.82) is 0 Å². The van der Waals surface area contributed by atoms with Crippen LogP contribution in [0.25, 0.3) is 16.8 Å². The first-order valence-corrected chi connectivity index (χ1v) is 8.07. The van der Waals surface area contributed by atoms with Crippen molar-refractivity contribution in [1.82, 2.24) is 10.3 Å². The van der Waals surface area contributed by atoms with Crippen molar-refractivity contribution in [3.05, 3.63) is 71.7 Å². The fraction of sp³-hybridized carbons (Fsp3) is 0.250. The average molecular weight is 323 g/mol. The Morgan fingerprint density at radius 3 is 2.71 bits per heavy atom. The molecule has 1 atom stereocenters. The van der Waals surface area contributed by atoms with Crippen LogP contribution in [-0.4, -0.2) is 24.1 Å². The predicted molar refractivity (Wildman–Crippen MR) is 96.8 cm³/mol. The lowest BCUT2D eigenvalue weighted by Gasteiger charge is -2.31. The monoisotopic (exact) mass is 323 g/mol. The van der Waals surface area contributed by atoms with Crippen molar-refractivity contribution >= 4 is 5.57 Å². The van der Waals surface area contributed by atoms with E-state index in [9.17, 15) is 4.39 Å². The molecule has 1 aliphatic rings. The molecule has 1 heterocycles. The van der Waals surface area contributed by atoms with E-state index in [-0.39, 0.29) is 11.4 Å². The fourth-order valence-corrected chi connectivity index (χ4v) is 2.97. The lowest BCUT2D eigenvalue weighted by atomic mass is 9.81. The van der Waals surface area contributed by atoms with Crippen LogP contribution >= 0.6 is 0 Å². The second kappa shape index (κ2) is 6.67. The molecule has 0 radical (unpaired) electrons. The molecular formula is C20H22FN3. The second-order valence-electron chi connectivity index (χ2n) is 6.39. The third-order valence-corrected chi connectivity index (χ3v) is 4.41. The molecule has 4 heteroatoms. The number of allylic oxidation sites excluding steroid dienone is 2. The molecule has 1 unspecified atom stereocenters. The molecule has 0 saturated carbocycles. The Bertz CT molecular complexity index is 789. The first-order valence-electron chi connectivity index (χ1n) is 8.07. The number of rotatable bonds is 4. The number of benzene rings is 1. The van der Waals surface area contributed by atoms with Crippen molar-refractivity contribution in [2.45, 2.75) is 18.9 Å². The number of likely N-dealkylation sites (N-methyl/N-ethyl adjacent to an activating group) is 1. The van der Waals surface area contributed by atoms with Crippen LogP contribution in [0.15, 0.2) is 60.3 Å². The second-order valence-corrected chi connectivity index (χ2v) is 6.39. The molecule has 0 amide bonds. The standard InChI is InChI=1S/C20H22FN3/c1-20(22)10-9-15(12-16(20)13-23-2)18-4-3-11-24-19(18)14-5-7-17(21)8-6-14/h3-9,11-12,23H,10,13,22H2,1-2H3. The molecule has 3 N–H and O–H groups in total. The Hall–Kier alpha value is -2.30. The molecule has 0 fully saturated rings. The molecule has 0 bridgehead atoms. The normalized spacial score (nSPS) is 20.5. The summed E-state index contributed by atoms with van der Waals surface area (Å²) < 4.78 is 13.2. The summed E-state index contributed by atoms with van der Waals surface area (Å²) in [6.45, 7) is 2.80. The zero-order valence-electron chi connectivity index (χ0n) is 14.0. The zero-order chi connectivity index (χ0) is 17.2. The highest BCUT2D eigenvalue weighted by atomic mass is 19.1. The molecule has 3 rings (SSSR count). The summed E-state index contributed by atoms with van der Waals surface area (Å²) >= 11 is 0. The molecule has 3 nitrogen and oxygen atoms in total. The largest absolute Gasteiger partial charge is 0.322 e. The zero-order valence-corrected chi connectivity index (χ0v) is 14.0. The van der Waals surface area contributed by atoms with Crippen LogP contribution in [0.3, 0.4) is 0 Å². The molecule has 1 aromatic carbocycles. The van der Waals surface area contributed by atoms with Crippen molar-refractivity contribution in [2.75, 3.05) is 13.6 Å². The Morgan fingerprint density at radius 1 is 1.25 bits per heavy atom. The average Bonchev–Trinajstić information content (AvgIpc) is 2.58. The number of hydrogen-bond donors (Lipinski definition) is 2. The van der Waals surface area contributed by atoms with Gasteiger partial charge in [0.25, 0.3) is 0 Å². The van der Waals surface area contributed by atoms with Gasteiger partial charge in [0.05, 0.1) is 5.69 Å². The number of nitrogens with one attached hydrogen (secondary N) is 1. The minimum atomic E-state index is -0.343. The summed E-state index contributed by atoms with van der Waals surface area (Å²) in [6.07, 6.45) is 6.83. The Balaban J connectivity index is 2.05.